The van der Waals surface area contributed by atoms with Gasteiger partial charge < -0.3 is 15.2 Å². The Bertz CT molecular complexity index is 775. The Morgan fingerprint density at radius 3 is 2.61 bits per heavy atom. The summed E-state index contributed by atoms with van der Waals surface area (Å²) in [5, 5.41) is 15.1. The second-order valence-corrected chi connectivity index (χ2v) is 7.11. The van der Waals surface area contributed by atoms with Crippen LogP contribution >= 0.6 is 0 Å². The molecule has 0 aliphatic carbocycles. The van der Waals surface area contributed by atoms with E-state index in [9.17, 15) is 0 Å². The van der Waals surface area contributed by atoms with E-state index in [1.54, 1.807) is 0 Å². The number of aromatic nitrogens is 3. The van der Waals surface area contributed by atoms with Crippen LogP contribution in [0.3, 0.4) is 0 Å². The zero-order valence-corrected chi connectivity index (χ0v) is 16.9. The Morgan fingerprint density at radius 1 is 1.21 bits per heavy atom. The molecule has 3 rings (SSSR count). The molecule has 0 radical (unpaired) electrons. The first-order valence-electron chi connectivity index (χ1n) is 9.96. The van der Waals surface area contributed by atoms with Gasteiger partial charge in [0.05, 0.1) is 6.04 Å². The normalized spacial score (nSPS) is 16.1. The maximum absolute atomic E-state index is 4.70. The maximum Gasteiger partial charge on any atom is 0.192 e. The van der Waals surface area contributed by atoms with Gasteiger partial charge in [0.1, 0.15) is 12.4 Å². The van der Waals surface area contributed by atoms with Crippen LogP contribution in [-0.4, -0.2) is 51.8 Å². The van der Waals surface area contributed by atoms with Crippen molar-refractivity contribution in [3.8, 4) is 0 Å². The summed E-state index contributed by atoms with van der Waals surface area (Å²) in [7, 11) is 1.96. The first-order valence-corrected chi connectivity index (χ1v) is 9.96. The minimum atomic E-state index is 0.330. The van der Waals surface area contributed by atoms with Gasteiger partial charge in [0.25, 0.3) is 0 Å². The quantitative estimate of drug-likeness (QED) is 0.417. The number of nitrogens with zero attached hydrogens (tertiary/aromatic N) is 5. The minimum absolute atomic E-state index is 0.330. The highest BCUT2D eigenvalue weighted by molar-refractivity contribution is 5.79. The van der Waals surface area contributed by atoms with Gasteiger partial charge in [-0.05, 0) is 38.4 Å². The number of hydrogen-bond donors (Lipinski definition) is 2. The average molecular weight is 382 g/mol. The van der Waals surface area contributed by atoms with Gasteiger partial charge >= 0.3 is 0 Å². The molecule has 1 aromatic heterocycles. The molecule has 2 heterocycles. The van der Waals surface area contributed by atoms with Crippen molar-refractivity contribution in [2.45, 2.75) is 32.4 Å². The molecule has 28 heavy (non-hydrogen) atoms. The maximum atomic E-state index is 4.70. The summed E-state index contributed by atoms with van der Waals surface area (Å²) in [6.45, 7) is 9.95. The molecule has 0 amide bonds. The zero-order chi connectivity index (χ0) is 19.8. The third-order valence-electron chi connectivity index (χ3n) is 5.20. The fraction of sp³-hybridized carbons (Fsp3) is 0.476. The van der Waals surface area contributed by atoms with E-state index >= 15 is 0 Å². The van der Waals surface area contributed by atoms with Crippen molar-refractivity contribution in [1.82, 2.24) is 30.3 Å². The van der Waals surface area contributed by atoms with Crippen molar-refractivity contribution in [2.75, 3.05) is 26.2 Å². The summed E-state index contributed by atoms with van der Waals surface area (Å²) >= 11 is 0. The Balaban J connectivity index is 1.70. The number of benzene rings is 1. The van der Waals surface area contributed by atoms with Crippen molar-refractivity contribution in [2.24, 2.45) is 12.0 Å². The molecule has 7 heteroatoms. The molecule has 150 valence electrons. The minimum Gasteiger partial charge on any atom is -0.354 e. The van der Waals surface area contributed by atoms with Crippen molar-refractivity contribution >= 4 is 5.96 Å². The molecule has 1 saturated heterocycles. The van der Waals surface area contributed by atoms with E-state index < -0.39 is 0 Å². The van der Waals surface area contributed by atoms with Crippen LogP contribution in [0.15, 0.2) is 48.0 Å². The lowest BCUT2D eigenvalue weighted by Crippen LogP contribution is -2.42. The number of rotatable bonds is 8. The van der Waals surface area contributed by atoms with Gasteiger partial charge in [0.15, 0.2) is 11.8 Å². The molecule has 1 fully saturated rings. The van der Waals surface area contributed by atoms with E-state index in [0.717, 1.165) is 37.2 Å². The number of guanidine groups is 1. The van der Waals surface area contributed by atoms with Crippen LogP contribution in [0.1, 0.15) is 36.1 Å². The van der Waals surface area contributed by atoms with Crippen molar-refractivity contribution in [3.05, 3.63) is 60.2 Å². The lowest BCUT2D eigenvalue weighted by molar-refractivity contribution is 0.245. The van der Waals surface area contributed by atoms with E-state index in [2.05, 4.69) is 62.6 Å². The Labute approximate surface area is 167 Å². The molecule has 1 aromatic carbocycles. The summed E-state index contributed by atoms with van der Waals surface area (Å²) in [6, 6.07) is 11.0. The summed E-state index contributed by atoms with van der Waals surface area (Å²) < 4.78 is 1.96. The second-order valence-electron chi connectivity index (χ2n) is 7.11. The van der Waals surface area contributed by atoms with Crippen LogP contribution in [0.25, 0.3) is 0 Å². The van der Waals surface area contributed by atoms with Crippen LogP contribution in [0, 0.1) is 6.92 Å². The third kappa shape index (κ3) is 5.19. The molecule has 0 saturated carbocycles. The first-order chi connectivity index (χ1) is 13.7. The van der Waals surface area contributed by atoms with Crippen LogP contribution in [-0.2, 0) is 13.6 Å². The molecular formula is C21H31N7. The molecule has 1 aliphatic rings. The smallest absolute Gasteiger partial charge is 0.192 e. The van der Waals surface area contributed by atoms with E-state index in [-0.39, 0.29) is 0 Å². The highest BCUT2D eigenvalue weighted by atomic mass is 15.3. The van der Waals surface area contributed by atoms with Crippen LogP contribution in [0.4, 0.5) is 0 Å². The Hall–Kier alpha value is -2.67. The Morgan fingerprint density at radius 2 is 1.96 bits per heavy atom. The van der Waals surface area contributed by atoms with Crippen molar-refractivity contribution in [3.63, 3.8) is 0 Å². The second kappa shape index (κ2) is 10.0. The predicted molar refractivity (Wildman–Crippen MR) is 113 cm³/mol. The molecule has 0 bridgehead atoms. The molecule has 1 aliphatic heterocycles. The first kappa shape index (κ1) is 20.1. The van der Waals surface area contributed by atoms with Gasteiger partial charge in [0.2, 0.25) is 0 Å². The van der Waals surface area contributed by atoms with E-state index in [0.29, 0.717) is 19.1 Å². The summed E-state index contributed by atoms with van der Waals surface area (Å²) in [6.07, 6.45) is 4.37. The molecular weight excluding hydrogens is 350 g/mol. The van der Waals surface area contributed by atoms with Gasteiger partial charge in [-0.1, -0.05) is 36.4 Å². The van der Waals surface area contributed by atoms with E-state index in [1.807, 2.05) is 24.6 Å². The molecule has 0 spiro atoms. The van der Waals surface area contributed by atoms with Gasteiger partial charge in [-0.2, -0.15) is 0 Å². The number of likely N-dealkylation sites (tertiary alicyclic amines) is 1. The largest absolute Gasteiger partial charge is 0.354 e. The van der Waals surface area contributed by atoms with Crippen molar-refractivity contribution in [1.29, 1.82) is 0 Å². The fourth-order valence-corrected chi connectivity index (χ4v) is 3.46. The SMILES string of the molecule is C=CCNC(=NCc1nnc(C)n1C)NCC(c1ccccc1)N1CCCC1. The fourth-order valence-electron chi connectivity index (χ4n) is 3.46. The topological polar surface area (TPSA) is 70.4 Å². The highest BCUT2D eigenvalue weighted by Gasteiger charge is 2.23. The third-order valence-corrected chi connectivity index (χ3v) is 5.20. The van der Waals surface area contributed by atoms with E-state index in [4.69, 9.17) is 4.99 Å². The predicted octanol–water partition coefficient (Wildman–Crippen LogP) is 2.18. The lowest BCUT2D eigenvalue weighted by Gasteiger charge is -2.29. The highest BCUT2D eigenvalue weighted by Crippen LogP contribution is 2.24. The van der Waals surface area contributed by atoms with Gasteiger partial charge in [-0.3, -0.25) is 4.90 Å². The van der Waals surface area contributed by atoms with Crippen molar-refractivity contribution < 1.29 is 0 Å². The summed E-state index contributed by atoms with van der Waals surface area (Å²) in [5.74, 6) is 2.49. The van der Waals surface area contributed by atoms with Crippen LogP contribution in [0.5, 0.6) is 0 Å². The summed E-state index contributed by atoms with van der Waals surface area (Å²) in [5.41, 5.74) is 1.34. The number of nitrogens with one attached hydrogen (secondary N) is 2. The monoisotopic (exact) mass is 381 g/mol. The zero-order valence-electron chi connectivity index (χ0n) is 16.9. The standard InChI is InChI=1S/C21H31N7/c1-4-12-22-21(24-16-20-26-25-17(2)27(20)3)23-15-19(28-13-8-9-14-28)18-10-6-5-7-11-18/h4-7,10-11,19H,1,8-9,12-16H2,2-3H3,(H2,22,23,24). The number of aliphatic imine (C=N–C) groups is 1. The number of hydrogen-bond acceptors (Lipinski definition) is 4. The Kier molecular flexibility index (Phi) is 7.19. The van der Waals surface area contributed by atoms with Gasteiger partial charge in [0, 0.05) is 20.1 Å². The summed E-state index contributed by atoms with van der Waals surface area (Å²) in [4.78, 5) is 7.26. The number of aryl methyl sites for hydroxylation is 1. The van der Waals surface area contributed by atoms with Gasteiger partial charge in [-0.25, -0.2) is 4.99 Å². The molecule has 2 aromatic rings. The molecule has 7 nitrogen and oxygen atoms in total. The lowest BCUT2D eigenvalue weighted by atomic mass is 10.1. The van der Waals surface area contributed by atoms with Gasteiger partial charge in [-0.15, -0.1) is 16.8 Å². The van der Waals surface area contributed by atoms with Crippen LogP contribution < -0.4 is 10.6 Å². The van der Waals surface area contributed by atoms with E-state index in [1.165, 1.54) is 18.4 Å². The van der Waals surface area contributed by atoms with Crippen LogP contribution in [0.2, 0.25) is 0 Å². The molecule has 1 unspecified atom stereocenters. The average Bonchev–Trinajstić information content (AvgIpc) is 3.36. The molecule has 1 atom stereocenters. The molecule has 2 N–H and O–H groups in total.